The summed E-state index contributed by atoms with van der Waals surface area (Å²) in [6.45, 7) is 1.50. The van der Waals surface area contributed by atoms with Crippen molar-refractivity contribution < 1.29 is 14.3 Å². The first-order chi connectivity index (χ1) is 11.3. The second-order valence-electron chi connectivity index (χ2n) is 5.89. The van der Waals surface area contributed by atoms with Crippen LogP contribution >= 0.6 is 0 Å². The largest absolute Gasteiger partial charge is 0.472 e. The number of hydrogen-bond acceptors (Lipinski definition) is 4. The number of nitrogens with one attached hydrogen (secondary N) is 1. The van der Waals surface area contributed by atoms with E-state index < -0.39 is 0 Å². The highest BCUT2D eigenvalue weighted by Crippen LogP contribution is 2.19. The molecule has 0 bridgehead atoms. The Morgan fingerprint density at radius 3 is 2.61 bits per heavy atom. The van der Waals surface area contributed by atoms with Crippen LogP contribution in [-0.4, -0.2) is 41.7 Å². The van der Waals surface area contributed by atoms with E-state index in [2.05, 4.69) is 5.32 Å². The van der Waals surface area contributed by atoms with E-state index in [-0.39, 0.29) is 18.6 Å². The van der Waals surface area contributed by atoms with Gasteiger partial charge >= 0.3 is 0 Å². The van der Waals surface area contributed by atoms with E-state index in [9.17, 15) is 9.90 Å². The van der Waals surface area contributed by atoms with Gasteiger partial charge in [-0.15, -0.1) is 0 Å². The highest BCUT2D eigenvalue weighted by Gasteiger charge is 2.25. The molecule has 1 aromatic carbocycles. The van der Waals surface area contributed by atoms with Gasteiger partial charge in [-0.1, -0.05) is 30.3 Å². The number of amides is 1. The van der Waals surface area contributed by atoms with Crippen LogP contribution in [0.25, 0.3) is 0 Å². The minimum atomic E-state index is -0.0580. The number of rotatable bonds is 5. The normalized spacial score (nSPS) is 17.2. The van der Waals surface area contributed by atoms with Gasteiger partial charge in [-0.3, -0.25) is 4.79 Å². The van der Waals surface area contributed by atoms with Gasteiger partial charge in [0.2, 0.25) is 0 Å². The first-order valence-corrected chi connectivity index (χ1v) is 8.01. The first-order valence-electron chi connectivity index (χ1n) is 8.01. The van der Waals surface area contributed by atoms with Gasteiger partial charge in [0, 0.05) is 19.1 Å². The van der Waals surface area contributed by atoms with E-state index in [1.165, 1.54) is 12.5 Å². The Balaban J connectivity index is 1.53. The van der Waals surface area contributed by atoms with Crippen LogP contribution in [0.3, 0.4) is 0 Å². The van der Waals surface area contributed by atoms with Crippen LogP contribution in [0.15, 0.2) is 53.3 Å². The quantitative estimate of drug-likeness (QED) is 0.888. The number of piperidine rings is 1. The zero-order chi connectivity index (χ0) is 16.1. The van der Waals surface area contributed by atoms with Crippen LogP contribution in [0.2, 0.25) is 0 Å². The molecule has 2 aromatic rings. The first kappa shape index (κ1) is 15.8. The molecule has 5 heteroatoms. The molecule has 3 rings (SSSR count). The predicted molar refractivity (Wildman–Crippen MR) is 87.0 cm³/mol. The Morgan fingerprint density at radius 2 is 2.00 bits per heavy atom. The number of benzene rings is 1. The van der Waals surface area contributed by atoms with E-state index in [1.54, 1.807) is 6.07 Å². The maximum Gasteiger partial charge on any atom is 0.257 e. The molecule has 23 heavy (non-hydrogen) atoms. The van der Waals surface area contributed by atoms with Crippen molar-refractivity contribution in [2.45, 2.75) is 24.9 Å². The minimum Gasteiger partial charge on any atom is -0.472 e. The van der Waals surface area contributed by atoms with Crippen LogP contribution in [0, 0.1) is 0 Å². The van der Waals surface area contributed by atoms with E-state index in [0.29, 0.717) is 24.7 Å². The molecule has 1 amide bonds. The summed E-state index contributed by atoms with van der Waals surface area (Å²) in [7, 11) is 0. The van der Waals surface area contributed by atoms with Gasteiger partial charge in [-0.25, -0.2) is 0 Å². The highest BCUT2D eigenvalue weighted by molar-refractivity contribution is 5.93. The molecule has 2 heterocycles. The maximum absolute atomic E-state index is 12.3. The van der Waals surface area contributed by atoms with Crippen LogP contribution in [0.1, 0.15) is 34.8 Å². The Morgan fingerprint density at radius 1 is 1.26 bits per heavy atom. The van der Waals surface area contributed by atoms with E-state index in [1.807, 2.05) is 35.2 Å². The summed E-state index contributed by atoms with van der Waals surface area (Å²) in [5.41, 5.74) is 1.70. The molecule has 5 nitrogen and oxygen atoms in total. The Bertz CT molecular complexity index is 604. The van der Waals surface area contributed by atoms with Crippen LogP contribution in [0.4, 0.5) is 0 Å². The zero-order valence-electron chi connectivity index (χ0n) is 13.0. The average Bonchev–Trinajstić information content (AvgIpc) is 3.15. The molecule has 0 saturated carbocycles. The molecule has 1 atom stereocenters. The van der Waals surface area contributed by atoms with Gasteiger partial charge in [-0.05, 0) is 24.5 Å². The number of likely N-dealkylation sites (tertiary alicyclic amines) is 1. The minimum absolute atomic E-state index is 0.0268. The number of aliphatic hydroxyl groups is 1. The number of nitrogens with zero attached hydrogens (tertiary/aromatic N) is 1. The third-order valence-electron chi connectivity index (χ3n) is 4.37. The van der Waals surface area contributed by atoms with Gasteiger partial charge in [0.15, 0.2) is 0 Å². The van der Waals surface area contributed by atoms with E-state index in [0.717, 1.165) is 18.4 Å². The SMILES string of the molecule is O=C(c1ccoc1)N1CCC(NC(CO)c2ccccc2)CC1. The Kier molecular flexibility index (Phi) is 5.10. The zero-order valence-corrected chi connectivity index (χ0v) is 13.0. The van der Waals surface area contributed by atoms with Crippen molar-refractivity contribution in [3.63, 3.8) is 0 Å². The number of hydrogen-bond donors (Lipinski definition) is 2. The maximum atomic E-state index is 12.3. The topological polar surface area (TPSA) is 65.7 Å². The van der Waals surface area contributed by atoms with Gasteiger partial charge in [-0.2, -0.15) is 0 Å². The van der Waals surface area contributed by atoms with E-state index in [4.69, 9.17) is 4.42 Å². The molecule has 1 aliphatic rings. The summed E-state index contributed by atoms with van der Waals surface area (Å²) >= 11 is 0. The second kappa shape index (κ2) is 7.44. The summed E-state index contributed by atoms with van der Waals surface area (Å²) in [4.78, 5) is 14.1. The molecule has 122 valence electrons. The standard InChI is InChI=1S/C18H22N2O3/c21-12-17(14-4-2-1-3-5-14)19-16-6-9-20(10-7-16)18(22)15-8-11-23-13-15/h1-5,8,11,13,16-17,19,21H,6-7,9-10,12H2. The molecule has 0 aliphatic carbocycles. The smallest absolute Gasteiger partial charge is 0.257 e. The van der Waals surface area contributed by atoms with Crippen LogP contribution in [-0.2, 0) is 0 Å². The molecule has 1 aliphatic heterocycles. The summed E-state index contributed by atoms with van der Waals surface area (Å²) in [5, 5.41) is 13.1. The lowest BCUT2D eigenvalue weighted by molar-refractivity contribution is 0.0696. The number of aliphatic hydroxyl groups excluding tert-OH is 1. The molecule has 1 unspecified atom stereocenters. The van der Waals surface area contributed by atoms with Gasteiger partial charge in [0.25, 0.3) is 5.91 Å². The van der Waals surface area contributed by atoms with Crippen molar-refractivity contribution in [1.29, 1.82) is 0 Å². The lowest BCUT2D eigenvalue weighted by Gasteiger charge is -2.34. The lowest BCUT2D eigenvalue weighted by atomic mass is 10.0. The third-order valence-corrected chi connectivity index (χ3v) is 4.37. The number of carbonyl (C=O) groups is 1. The fourth-order valence-corrected chi connectivity index (χ4v) is 3.04. The summed E-state index contributed by atoms with van der Waals surface area (Å²) in [6, 6.07) is 11.9. The van der Waals surface area contributed by atoms with Crippen molar-refractivity contribution in [2.24, 2.45) is 0 Å². The summed E-state index contributed by atoms with van der Waals surface area (Å²) in [5.74, 6) is 0.0268. The van der Waals surface area contributed by atoms with Gasteiger partial charge in [0.1, 0.15) is 6.26 Å². The third kappa shape index (κ3) is 3.81. The Labute approximate surface area is 135 Å². The molecule has 1 aromatic heterocycles. The number of furan rings is 1. The second-order valence-corrected chi connectivity index (χ2v) is 5.89. The molecule has 0 spiro atoms. The Hall–Kier alpha value is -2.11. The average molecular weight is 314 g/mol. The van der Waals surface area contributed by atoms with Crippen LogP contribution < -0.4 is 5.32 Å². The van der Waals surface area contributed by atoms with Crippen molar-refractivity contribution in [3.8, 4) is 0 Å². The predicted octanol–water partition coefficient (Wildman–Crippen LogP) is 2.21. The molecule has 1 saturated heterocycles. The fraction of sp³-hybridized carbons (Fsp3) is 0.389. The lowest BCUT2D eigenvalue weighted by Crippen LogP contribution is -2.46. The fourth-order valence-electron chi connectivity index (χ4n) is 3.04. The molecule has 0 radical (unpaired) electrons. The molecule has 2 N–H and O–H groups in total. The molecular formula is C18H22N2O3. The van der Waals surface area contributed by atoms with E-state index >= 15 is 0 Å². The molecular weight excluding hydrogens is 292 g/mol. The van der Waals surface area contributed by atoms with Crippen molar-refractivity contribution in [2.75, 3.05) is 19.7 Å². The van der Waals surface area contributed by atoms with Crippen LogP contribution in [0.5, 0.6) is 0 Å². The van der Waals surface area contributed by atoms with Crippen molar-refractivity contribution in [3.05, 3.63) is 60.1 Å². The highest BCUT2D eigenvalue weighted by atomic mass is 16.3. The summed E-state index contributed by atoms with van der Waals surface area (Å²) in [6.07, 6.45) is 4.77. The molecule has 1 fully saturated rings. The summed E-state index contributed by atoms with van der Waals surface area (Å²) < 4.78 is 4.98. The van der Waals surface area contributed by atoms with Crippen molar-refractivity contribution >= 4 is 5.91 Å². The van der Waals surface area contributed by atoms with Crippen molar-refractivity contribution in [1.82, 2.24) is 10.2 Å². The number of carbonyl (C=O) groups excluding carboxylic acids is 1. The van der Waals surface area contributed by atoms with Gasteiger partial charge < -0.3 is 19.7 Å². The monoisotopic (exact) mass is 314 g/mol. The van der Waals surface area contributed by atoms with Gasteiger partial charge in [0.05, 0.1) is 24.5 Å².